The van der Waals surface area contributed by atoms with E-state index in [9.17, 15) is 0 Å². The van der Waals surface area contributed by atoms with E-state index >= 15 is 0 Å². The summed E-state index contributed by atoms with van der Waals surface area (Å²) in [5.41, 5.74) is 2.62. The van der Waals surface area contributed by atoms with E-state index in [1.807, 2.05) is 0 Å². The van der Waals surface area contributed by atoms with Gasteiger partial charge in [0.15, 0.2) is 0 Å². The van der Waals surface area contributed by atoms with Gasteiger partial charge in [0.05, 0.1) is 6.10 Å². The third kappa shape index (κ3) is 4.20. The lowest BCUT2D eigenvalue weighted by Crippen LogP contribution is -2.29. The molecular weight excluding hydrogens is 304 g/mol. The molecule has 0 aromatic heterocycles. The van der Waals surface area contributed by atoms with Crippen molar-refractivity contribution in [1.82, 2.24) is 5.32 Å². The maximum absolute atomic E-state index is 5.73. The highest BCUT2D eigenvalue weighted by atomic mass is 79.9. The molecule has 4 heteroatoms. The number of anilines is 1. The Morgan fingerprint density at radius 1 is 1.47 bits per heavy atom. The van der Waals surface area contributed by atoms with Crippen LogP contribution in [0.1, 0.15) is 25.3 Å². The highest BCUT2D eigenvalue weighted by Gasteiger charge is 2.18. The molecule has 1 heterocycles. The van der Waals surface area contributed by atoms with Crippen LogP contribution >= 0.6 is 15.9 Å². The summed E-state index contributed by atoms with van der Waals surface area (Å²) in [5.74, 6) is 0. The molecule has 1 unspecified atom stereocenters. The third-order valence-corrected chi connectivity index (χ3v) is 4.02. The van der Waals surface area contributed by atoms with E-state index < -0.39 is 0 Å². The average Bonchev–Trinajstić information content (AvgIpc) is 2.90. The number of hydrogen-bond donors (Lipinski definition) is 1. The van der Waals surface area contributed by atoms with Gasteiger partial charge in [-0.25, -0.2) is 0 Å². The number of hydrogen-bond acceptors (Lipinski definition) is 3. The van der Waals surface area contributed by atoms with Crippen molar-refractivity contribution in [2.45, 2.75) is 32.4 Å². The van der Waals surface area contributed by atoms with Gasteiger partial charge >= 0.3 is 0 Å². The first kappa shape index (κ1) is 14.8. The Morgan fingerprint density at radius 3 is 3.00 bits per heavy atom. The second kappa shape index (κ2) is 7.27. The zero-order valence-electron chi connectivity index (χ0n) is 11.8. The lowest BCUT2D eigenvalue weighted by atomic mass is 10.1. The molecule has 1 aliphatic heterocycles. The number of rotatable bonds is 6. The SMILES string of the molecule is CCNCc1ccc(Br)cc1N(C)CC1CCCO1. The molecule has 1 fully saturated rings. The number of halogens is 1. The number of benzene rings is 1. The van der Waals surface area contributed by atoms with Crippen LogP contribution in [-0.2, 0) is 11.3 Å². The zero-order valence-corrected chi connectivity index (χ0v) is 13.4. The molecule has 0 aliphatic carbocycles. The Balaban J connectivity index is 2.08. The molecule has 3 nitrogen and oxygen atoms in total. The molecule has 19 heavy (non-hydrogen) atoms. The summed E-state index contributed by atoms with van der Waals surface area (Å²) in [6.45, 7) is 5.92. The van der Waals surface area contributed by atoms with Crippen LogP contribution in [0.5, 0.6) is 0 Å². The molecule has 1 aromatic rings. The van der Waals surface area contributed by atoms with Crippen molar-refractivity contribution in [3.05, 3.63) is 28.2 Å². The average molecular weight is 327 g/mol. The highest BCUT2D eigenvalue weighted by molar-refractivity contribution is 9.10. The van der Waals surface area contributed by atoms with Gasteiger partial charge in [-0.1, -0.05) is 28.9 Å². The van der Waals surface area contributed by atoms with Crippen LogP contribution in [0.2, 0.25) is 0 Å². The van der Waals surface area contributed by atoms with E-state index in [-0.39, 0.29) is 0 Å². The fraction of sp³-hybridized carbons (Fsp3) is 0.600. The molecule has 0 bridgehead atoms. The van der Waals surface area contributed by atoms with Crippen LogP contribution in [0.25, 0.3) is 0 Å². The van der Waals surface area contributed by atoms with Gasteiger partial charge in [0, 0.05) is 36.9 Å². The van der Waals surface area contributed by atoms with Crippen LogP contribution in [-0.4, -0.2) is 32.8 Å². The molecular formula is C15H23BrN2O. The van der Waals surface area contributed by atoms with Crippen molar-refractivity contribution in [3.8, 4) is 0 Å². The van der Waals surface area contributed by atoms with E-state index in [2.05, 4.69) is 58.3 Å². The number of ether oxygens (including phenoxy) is 1. The van der Waals surface area contributed by atoms with Crippen LogP contribution < -0.4 is 10.2 Å². The summed E-state index contributed by atoms with van der Waals surface area (Å²) < 4.78 is 6.85. The van der Waals surface area contributed by atoms with Gasteiger partial charge in [-0.05, 0) is 37.1 Å². The van der Waals surface area contributed by atoms with Crippen LogP contribution in [0, 0.1) is 0 Å². The molecule has 1 N–H and O–H groups in total. The van der Waals surface area contributed by atoms with Gasteiger partial charge in [0.25, 0.3) is 0 Å². The van der Waals surface area contributed by atoms with E-state index in [1.54, 1.807) is 0 Å². The molecule has 0 spiro atoms. The lowest BCUT2D eigenvalue weighted by Gasteiger charge is -2.25. The standard InChI is InChI=1S/C15H23BrN2O/c1-3-17-10-12-6-7-13(16)9-15(12)18(2)11-14-5-4-8-19-14/h6-7,9,14,17H,3-5,8,10-11H2,1-2H3. The molecule has 0 saturated carbocycles. The third-order valence-electron chi connectivity index (χ3n) is 3.53. The summed E-state index contributed by atoms with van der Waals surface area (Å²) >= 11 is 3.57. The van der Waals surface area contributed by atoms with E-state index in [0.29, 0.717) is 6.10 Å². The molecule has 1 aliphatic rings. The Labute approximate surface area is 124 Å². The Morgan fingerprint density at radius 2 is 2.32 bits per heavy atom. The summed E-state index contributed by atoms with van der Waals surface area (Å²) in [5, 5.41) is 3.40. The van der Waals surface area contributed by atoms with Crippen molar-refractivity contribution in [1.29, 1.82) is 0 Å². The van der Waals surface area contributed by atoms with Crippen molar-refractivity contribution in [2.75, 3.05) is 31.6 Å². The fourth-order valence-corrected chi connectivity index (χ4v) is 2.84. The van der Waals surface area contributed by atoms with Crippen molar-refractivity contribution in [2.24, 2.45) is 0 Å². The zero-order chi connectivity index (χ0) is 13.7. The van der Waals surface area contributed by atoms with Crippen LogP contribution in [0.15, 0.2) is 22.7 Å². The molecule has 1 aromatic carbocycles. The maximum Gasteiger partial charge on any atom is 0.0750 e. The second-order valence-electron chi connectivity index (χ2n) is 5.07. The molecule has 1 atom stereocenters. The smallest absolute Gasteiger partial charge is 0.0750 e. The molecule has 0 amide bonds. The molecule has 2 rings (SSSR count). The highest BCUT2D eigenvalue weighted by Crippen LogP contribution is 2.26. The predicted molar refractivity (Wildman–Crippen MR) is 83.8 cm³/mol. The van der Waals surface area contributed by atoms with E-state index in [4.69, 9.17) is 4.74 Å². The van der Waals surface area contributed by atoms with Crippen molar-refractivity contribution < 1.29 is 4.74 Å². The molecule has 1 saturated heterocycles. The van der Waals surface area contributed by atoms with Gasteiger partial charge < -0.3 is 15.0 Å². The summed E-state index contributed by atoms with van der Waals surface area (Å²) in [6, 6.07) is 6.49. The minimum atomic E-state index is 0.385. The minimum Gasteiger partial charge on any atom is -0.376 e. The van der Waals surface area contributed by atoms with Gasteiger partial charge in [0.2, 0.25) is 0 Å². The topological polar surface area (TPSA) is 24.5 Å². The quantitative estimate of drug-likeness (QED) is 0.869. The Hall–Kier alpha value is -0.580. The van der Waals surface area contributed by atoms with E-state index in [0.717, 1.165) is 30.7 Å². The van der Waals surface area contributed by atoms with Crippen molar-refractivity contribution in [3.63, 3.8) is 0 Å². The summed E-state index contributed by atoms with van der Waals surface area (Å²) in [6.07, 6.45) is 2.76. The predicted octanol–water partition coefficient (Wildman–Crippen LogP) is 3.17. The normalized spacial score (nSPS) is 18.8. The monoisotopic (exact) mass is 326 g/mol. The summed E-state index contributed by atoms with van der Waals surface area (Å²) in [7, 11) is 2.15. The van der Waals surface area contributed by atoms with Gasteiger partial charge in [-0.3, -0.25) is 0 Å². The minimum absolute atomic E-state index is 0.385. The van der Waals surface area contributed by atoms with Crippen molar-refractivity contribution >= 4 is 21.6 Å². The Kier molecular flexibility index (Phi) is 5.67. The number of nitrogens with zero attached hydrogens (tertiary/aromatic N) is 1. The first-order valence-corrected chi connectivity index (χ1v) is 7.82. The molecule has 0 radical (unpaired) electrons. The molecule has 106 valence electrons. The lowest BCUT2D eigenvalue weighted by molar-refractivity contribution is 0.116. The number of nitrogens with one attached hydrogen (secondary N) is 1. The Bertz CT molecular complexity index is 405. The van der Waals surface area contributed by atoms with Gasteiger partial charge in [-0.2, -0.15) is 0 Å². The van der Waals surface area contributed by atoms with Gasteiger partial charge in [-0.15, -0.1) is 0 Å². The van der Waals surface area contributed by atoms with E-state index in [1.165, 1.54) is 24.1 Å². The first-order chi connectivity index (χ1) is 9.20. The number of likely N-dealkylation sites (N-methyl/N-ethyl adjacent to an activating group) is 1. The maximum atomic E-state index is 5.73. The largest absolute Gasteiger partial charge is 0.376 e. The van der Waals surface area contributed by atoms with Crippen LogP contribution in [0.4, 0.5) is 5.69 Å². The summed E-state index contributed by atoms with van der Waals surface area (Å²) in [4.78, 5) is 2.31. The fourth-order valence-electron chi connectivity index (χ4n) is 2.49. The second-order valence-corrected chi connectivity index (χ2v) is 5.98. The first-order valence-electron chi connectivity index (χ1n) is 7.02. The van der Waals surface area contributed by atoms with Crippen LogP contribution in [0.3, 0.4) is 0 Å². The van der Waals surface area contributed by atoms with Gasteiger partial charge in [0.1, 0.15) is 0 Å².